The van der Waals surface area contributed by atoms with E-state index in [2.05, 4.69) is 15.5 Å². The molecule has 4 heteroatoms. The summed E-state index contributed by atoms with van der Waals surface area (Å²) < 4.78 is 0. The first-order chi connectivity index (χ1) is 4.50. The van der Waals surface area contributed by atoms with Crippen molar-refractivity contribution in [2.45, 2.75) is 39.4 Å². The van der Waals surface area contributed by atoms with E-state index in [4.69, 9.17) is 0 Å². The van der Waals surface area contributed by atoms with Crippen LogP contribution in [0, 0.1) is 0 Å². The van der Waals surface area contributed by atoms with Crippen molar-refractivity contribution in [2.24, 2.45) is 15.5 Å². The first-order valence-corrected chi connectivity index (χ1v) is 3.42. The van der Waals surface area contributed by atoms with Gasteiger partial charge in [0.15, 0.2) is 5.22 Å². The lowest BCUT2D eigenvalue weighted by atomic mass is 10.1. The third kappa shape index (κ3) is 1.37. The lowest BCUT2D eigenvalue weighted by Gasteiger charge is -2.08. The van der Waals surface area contributed by atoms with Crippen LogP contribution in [0.5, 0.6) is 0 Å². The highest BCUT2D eigenvalue weighted by Gasteiger charge is 2.29. The molecule has 1 aliphatic rings. The molecule has 0 saturated heterocycles. The Labute approximate surface area is 60.6 Å². The summed E-state index contributed by atoms with van der Waals surface area (Å²) in [5.74, 6) is 0. The predicted octanol–water partition coefficient (Wildman–Crippen LogP) is 1.98. The highest BCUT2D eigenvalue weighted by atomic mass is 15.7. The lowest BCUT2D eigenvalue weighted by molar-refractivity contribution is -0.661. The first kappa shape index (κ1) is 7.31. The highest BCUT2D eigenvalue weighted by molar-refractivity contribution is 4.56. The molecule has 56 valence electrons. The topological polar surface area (TPSA) is 40.1 Å². The van der Waals surface area contributed by atoms with Crippen LogP contribution in [-0.2, 0) is 0 Å². The Morgan fingerprint density at radius 2 is 1.90 bits per heavy atom. The molecule has 0 bridgehead atoms. The van der Waals surface area contributed by atoms with E-state index >= 15 is 0 Å². The van der Waals surface area contributed by atoms with Crippen molar-refractivity contribution in [2.75, 3.05) is 0 Å². The van der Waals surface area contributed by atoms with E-state index in [9.17, 15) is 0 Å². The van der Waals surface area contributed by atoms with E-state index in [1.165, 1.54) is 0 Å². The molecule has 0 spiro atoms. The zero-order valence-corrected chi connectivity index (χ0v) is 6.87. The molecule has 1 unspecified atom stereocenters. The average molecular weight is 141 g/mol. The molecule has 0 N–H and O–H groups in total. The van der Waals surface area contributed by atoms with E-state index in [1.54, 1.807) is 4.81 Å². The summed E-state index contributed by atoms with van der Waals surface area (Å²) in [4.78, 5) is 1.65. The van der Waals surface area contributed by atoms with Gasteiger partial charge in [-0.15, -0.1) is 0 Å². The van der Waals surface area contributed by atoms with Crippen LogP contribution in [0.4, 0.5) is 0 Å². The van der Waals surface area contributed by atoms with Crippen LogP contribution in [0.2, 0.25) is 0 Å². The fourth-order valence-electron chi connectivity index (χ4n) is 0.635. The van der Waals surface area contributed by atoms with Crippen molar-refractivity contribution >= 4 is 0 Å². The van der Waals surface area contributed by atoms with E-state index in [1.807, 2.05) is 27.7 Å². The van der Waals surface area contributed by atoms with Crippen LogP contribution >= 0.6 is 0 Å². The molecule has 1 atom stereocenters. The van der Waals surface area contributed by atoms with Crippen molar-refractivity contribution in [3.05, 3.63) is 0 Å². The third-order valence-corrected chi connectivity index (χ3v) is 1.18. The smallest absolute Gasteiger partial charge is 0.0431 e. The number of azo groups is 1. The van der Waals surface area contributed by atoms with E-state index in [0.29, 0.717) is 0 Å². The maximum Gasteiger partial charge on any atom is 0.292 e. The molecule has 10 heavy (non-hydrogen) atoms. The monoisotopic (exact) mass is 141 g/mol. The SMILES string of the molecule is CC1N=N[N+](C(C)(C)C)=N1. The summed E-state index contributed by atoms with van der Waals surface area (Å²) in [6.07, 6.45) is -0.000718. The molecule has 0 amide bonds. The molecule has 0 aromatic rings. The summed E-state index contributed by atoms with van der Waals surface area (Å²) in [5, 5.41) is 11.9. The Bertz CT molecular complexity index is 186. The van der Waals surface area contributed by atoms with Crippen molar-refractivity contribution in [3.63, 3.8) is 0 Å². The van der Waals surface area contributed by atoms with Crippen LogP contribution in [0.3, 0.4) is 0 Å². The zero-order chi connectivity index (χ0) is 7.78. The second kappa shape index (κ2) is 2.11. The van der Waals surface area contributed by atoms with Gasteiger partial charge in [-0.3, -0.25) is 0 Å². The molecule has 1 heterocycles. The number of rotatable bonds is 0. The molecule has 1 aliphatic heterocycles. The molecule has 0 fully saturated rings. The molecular weight excluding hydrogens is 128 g/mol. The molecule has 0 aliphatic carbocycles. The van der Waals surface area contributed by atoms with Crippen LogP contribution in [-0.4, -0.2) is 16.5 Å². The van der Waals surface area contributed by atoms with Crippen molar-refractivity contribution < 1.29 is 4.81 Å². The fraction of sp³-hybridized carbons (Fsp3) is 1.00. The predicted molar refractivity (Wildman–Crippen MR) is 36.8 cm³/mol. The van der Waals surface area contributed by atoms with E-state index < -0.39 is 0 Å². The molecule has 1 rings (SSSR count). The van der Waals surface area contributed by atoms with Crippen LogP contribution < -0.4 is 0 Å². The Hall–Kier alpha value is -0.800. The van der Waals surface area contributed by atoms with Crippen molar-refractivity contribution in [1.29, 1.82) is 0 Å². The maximum absolute atomic E-state index is 4.16. The van der Waals surface area contributed by atoms with Crippen LogP contribution in [0.25, 0.3) is 0 Å². The highest BCUT2D eigenvalue weighted by Crippen LogP contribution is 2.14. The number of hydrogen-bond acceptors (Lipinski definition) is 3. The van der Waals surface area contributed by atoms with Gasteiger partial charge >= 0.3 is 0 Å². The van der Waals surface area contributed by atoms with Crippen LogP contribution in [0.1, 0.15) is 27.7 Å². The van der Waals surface area contributed by atoms with Gasteiger partial charge in [0, 0.05) is 6.92 Å². The van der Waals surface area contributed by atoms with Gasteiger partial charge < -0.3 is 0 Å². The Morgan fingerprint density at radius 1 is 1.30 bits per heavy atom. The third-order valence-electron chi connectivity index (χ3n) is 1.18. The summed E-state index contributed by atoms with van der Waals surface area (Å²) in [6, 6.07) is 0. The maximum atomic E-state index is 4.16. The number of hydrogen-bond donors (Lipinski definition) is 0. The summed E-state index contributed by atoms with van der Waals surface area (Å²) in [7, 11) is 0. The Kier molecular flexibility index (Phi) is 1.54. The zero-order valence-electron chi connectivity index (χ0n) is 6.87. The van der Waals surface area contributed by atoms with Crippen LogP contribution in [0.15, 0.2) is 15.5 Å². The standard InChI is InChI=1S/C6H13N4/c1-5-7-9-10(8-5)6(2,3)4/h5H,1-4H3/q+1. The molecular formula is C6H13N4+. The normalized spacial score (nSPS) is 25.2. The van der Waals surface area contributed by atoms with Gasteiger partial charge in [0.25, 0.3) is 6.17 Å². The minimum atomic E-state index is -0.0335. The summed E-state index contributed by atoms with van der Waals surface area (Å²) >= 11 is 0. The second-order valence-electron chi connectivity index (χ2n) is 3.41. The minimum Gasteiger partial charge on any atom is -0.0431 e. The molecule has 0 aromatic carbocycles. The van der Waals surface area contributed by atoms with Gasteiger partial charge in [-0.05, 0) is 30.7 Å². The van der Waals surface area contributed by atoms with Gasteiger partial charge in [0.1, 0.15) is 5.54 Å². The quantitative estimate of drug-likeness (QED) is 0.463. The summed E-state index contributed by atoms with van der Waals surface area (Å²) in [5.41, 5.74) is -0.0335. The Balaban J connectivity index is 2.78. The first-order valence-electron chi connectivity index (χ1n) is 3.42. The largest absolute Gasteiger partial charge is 0.292 e. The number of nitrogens with zero attached hydrogens (tertiary/aromatic N) is 4. The molecule has 0 saturated carbocycles. The van der Waals surface area contributed by atoms with Gasteiger partial charge in [-0.2, -0.15) is 0 Å². The molecule has 0 radical (unpaired) electrons. The van der Waals surface area contributed by atoms with E-state index in [0.717, 1.165) is 0 Å². The lowest BCUT2D eigenvalue weighted by Crippen LogP contribution is -2.26. The summed E-state index contributed by atoms with van der Waals surface area (Å²) in [6.45, 7) is 8.06. The average Bonchev–Trinajstić information content (AvgIpc) is 2.11. The van der Waals surface area contributed by atoms with Crippen molar-refractivity contribution in [3.8, 4) is 0 Å². The molecule has 4 nitrogen and oxygen atoms in total. The van der Waals surface area contributed by atoms with E-state index in [-0.39, 0.29) is 11.7 Å². The fourth-order valence-corrected chi connectivity index (χ4v) is 0.635. The van der Waals surface area contributed by atoms with Gasteiger partial charge in [-0.25, -0.2) is 0 Å². The van der Waals surface area contributed by atoms with Gasteiger partial charge in [0.05, 0.1) is 5.11 Å². The second-order valence-corrected chi connectivity index (χ2v) is 3.41. The Morgan fingerprint density at radius 3 is 2.10 bits per heavy atom. The minimum absolute atomic E-state index is 0.000718. The van der Waals surface area contributed by atoms with Crippen molar-refractivity contribution in [1.82, 2.24) is 0 Å². The molecule has 0 aromatic heterocycles. The van der Waals surface area contributed by atoms with Gasteiger partial charge in [-0.1, -0.05) is 0 Å². The van der Waals surface area contributed by atoms with Gasteiger partial charge in [0.2, 0.25) is 0 Å².